The molecule has 1 unspecified atom stereocenters. The Kier molecular flexibility index (Phi) is 3.72. The maximum absolute atomic E-state index is 14.3. The molecule has 0 saturated carbocycles. The molecule has 0 aliphatic carbocycles. The summed E-state index contributed by atoms with van der Waals surface area (Å²) in [6.45, 7) is 3.78. The molecule has 2 aliphatic heterocycles. The van der Waals surface area contributed by atoms with Crippen molar-refractivity contribution in [2.75, 3.05) is 7.05 Å². The Morgan fingerprint density at radius 1 is 1.33 bits per heavy atom. The van der Waals surface area contributed by atoms with Crippen molar-refractivity contribution in [2.24, 2.45) is 10.7 Å². The zero-order valence-electron chi connectivity index (χ0n) is 15.1. The van der Waals surface area contributed by atoms with Crippen molar-refractivity contribution in [1.29, 1.82) is 0 Å². The average molecular weight is 389 g/mol. The lowest BCUT2D eigenvalue weighted by Crippen LogP contribution is -2.49. The topological polar surface area (TPSA) is 80.8 Å². The number of carbonyl (C=O) groups is 1. The highest BCUT2D eigenvalue weighted by Crippen LogP contribution is 2.49. The van der Waals surface area contributed by atoms with Gasteiger partial charge in [-0.1, -0.05) is 17.7 Å². The van der Waals surface area contributed by atoms with E-state index >= 15 is 0 Å². The summed E-state index contributed by atoms with van der Waals surface area (Å²) >= 11 is 5.98. The minimum Gasteiger partial charge on any atom is -0.487 e. The first kappa shape index (κ1) is 17.7. The van der Waals surface area contributed by atoms with Crippen LogP contribution in [0.5, 0.6) is 5.75 Å². The SMILES string of the molecule is CN1C(=O)C2(CC(C)(C)Oc3ccc(-c4cc(Cl)cnc4F)cc32)N=C1N. The van der Waals surface area contributed by atoms with E-state index in [1.54, 1.807) is 25.2 Å². The Labute approximate surface area is 160 Å². The molecule has 1 amide bonds. The second kappa shape index (κ2) is 5.66. The van der Waals surface area contributed by atoms with E-state index < -0.39 is 17.1 Å². The van der Waals surface area contributed by atoms with Crippen LogP contribution in [0.15, 0.2) is 35.5 Å². The maximum Gasteiger partial charge on any atom is 0.261 e. The molecule has 27 heavy (non-hydrogen) atoms. The predicted molar refractivity (Wildman–Crippen MR) is 100 cm³/mol. The lowest BCUT2D eigenvalue weighted by atomic mass is 9.77. The first-order chi connectivity index (χ1) is 12.6. The van der Waals surface area contributed by atoms with Crippen molar-refractivity contribution in [2.45, 2.75) is 31.4 Å². The number of fused-ring (bicyclic) bond motifs is 2. The Bertz CT molecular complexity index is 1010. The van der Waals surface area contributed by atoms with Crippen LogP contribution < -0.4 is 10.5 Å². The standard InChI is InChI=1S/C19H18ClFN4O2/c1-18(2)9-19(16(26)25(3)17(22)24-19)13-6-10(4-5-14(13)27-18)12-7-11(20)8-23-15(12)21/h4-8H,9H2,1-3H3,(H2,22,24). The number of likely N-dealkylation sites (N-methyl/N-ethyl adjacent to an activating group) is 1. The van der Waals surface area contributed by atoms with E-state index in [1.807, 2.05) is 13.8 Å². The van der Waals surface area contributed by atoms with Crippen molar-refractivity contribution in [3.63, 3.8) is 0 Å². The van der Waals surface area contributed by atoms with Crippen LogP contribution in [-0.4, -0.2) is 34.4 Å². The van der Waals surface area contributed by atoms with Gasteiger partial charge in [0.15, 0.2) is 11.5 Å². The fraction of sp³-hybridized carbons (Fsp3) is 0.316. The Hall–Kier alpha value is -2.67. The summed E-state index contributed by atoms with van der Waals surface area (Å²) in [5.74, 6) is -0.224. The molecule has 1 aromatic carbocycles. The number of benzene rings is 1. The van der Waals surface area contributed by atoms with Gasteiger partial charge in [0.2, 0.25) is 5.95 Å². The summed E-state index contributed by atoms with van der Waals surface area (Å²) in [6, 6.07) is 6.62. The summed E-state index contributed by atoms with van der Waals surface area (Å²) in [6.07, 6.45) is 1.56. The molecule has 1 aromatic heterocycles. The van der Waals surface area contributed by atoms with Gasteiger partial charge in [0.05, 0.1) is 5.02 Å². The highest BCUT2D eigenvalue weighted by molar-refractivity contribution is 6.30. The first-order valence-electron chi connectivity index (χ1n) is 8.41. The third kappa shape index (κ3) is 2.65. The number of nitrogens with zero attached hydrogens (tertiary/aromatic N) is 3. The van der Waals surface area contributed by atoms with Crippen molar-refractivity contribution in [1.82, 2.24) is 9.88 Å². The number of guanidine groups is 1. The molecular weight excluding hydrogens is 371 g/mol. The maximum atomic E-state index is 14.3. The summed E-state index contributed by atoms with van der Waals surface area (Å²) in [5.41, 5.74) is 5.43. The van der Waals surface area contributed by atoms with Crippen LogP contribution in [0.1, 0.15) is 25.8 Å². The minimum absolute atomic E-state index is 0.143. The number of nitrogens with two attached hydrogens (primary N) is 1. The molecule has 2 N–H and O–H groups in total. The van der Waals surface area contributed by atoms with Gasteiger partial charge in [0.1, 0.15) is 11.4 Å². The zero-order chi connectivity index (χ0) is 19.6. The number of rotatable bonds is 1. The van der Waals surface area contributed by atoms with Crippen LogP contribution in [-0.2, 0) is 10.3 Å². The molecule has 1 spiro atoms. The molecule has 0 bridgehead atoms. The molecule has 1 atom stereocenters. The molecule has 0 fully saturated rings. The smallest absolute Gasteiger partial charge is 0.261 e. The monoisotopic (exact) mass is 388 g/mol. The number of pyridine rings is 1. The summed E-state index contributed by atoms with van der Waals surface area (Å²) in [4.78, 5) is 22.6. The predicted octanol–water partition coefficient (Wildman–Crippen LogP) is 3.08. The van der Waals surface area contributed by atoms with Crippen LogP contribution in [0.2, 0.25) is 5.02 Å². The lowest BCUT2D eigenvalue weighted by molar-refractivity contribution is -0.133. The largest absolute Gasteiger partial charge is 0.487 e. The van der Waals surface area contributed by atoms with Crippen LogP contribution in [0.4, 0.5) is 4.39 Å². The van der Waals surface area contributed by atoms with Crippen molar-refractivity contribution in [3.05, 3.63) is 47.0 Å². The fourth-order valence-corrected chi connectivity index (χ4v) is 3.93. The number of amides is 1. The molecule has 2 aliphatic rings. The number of halogens is 2. The van der Waals surface area contributed by atoms with Gasteiger partial charge in [-0.15, -0.1) is 0 Å². The highest BCUT2D eigenvalue weighted by Gasteiger charge is 2.55. The summed E-state index contributed by atoms with van der Waals surface area (Å²) in [7, 11) is 1.59. The summed E-state index contributed by atoms with van der Waals surface area (Å²) in [5, 5.41) is 0.315. The molecule has 0 radical (unpaired) electrons. The van der Waals surface area contributed by atoms with E-state index in [9.17, 15) is 9.18 Å². The number of aliphatic imine (C=N–C) groups is 1. The highest BCUT2D eigenvalue weighted by atomic mass is 35.5. The van der Waals surface area contributed by atoms with E-state index in [0.29, 0.717) is 28.3 Å². The fourth-order valence-electron chi connectivity index (χ4n) is 3.77. The molecule has 140 valence electrons. The number of carbonyl (C=O) groups excluding carboxylic acids is 1. The lowest BCUT2D eigenvalue weighted by Gasteiger charge is -2.41. The number of hydrogen-bond acceptors (Lipinski definition) is 5. The van der Waals surface area contributed by atoms with Gasteiger partial charge in [0.25, 0.3) is 5.91 Å². The first-order valence-corrected chi connectivity index (χ1v) is 8.79. The van der Waals surface area contributed by atoms with Crippen LogP contribution in [0, 0.1) is 5.95 Å². The van der Waals surface area contributed by atoms with E-state index in [4.69, 9.17) is 22.1 Å². The van der Waals surface area contributed by atoms with E-state index in [-0.39, 0.29) is 17.4 Å². The minimum atomic E-state index is -1.20. The van der Waals surface area contributed by atoms with Gasteiger partial charge in [-0.25, -0.2) is 9.98 Å². The van der Waals surface area contributed by atoms with E-state index in [2.05, 4.69) is 9.98 Å². The van der Waals surface area contributed by atoms with Gasteiger partial charge >= 0.3 is 0 Å². The van der Waals surface area contributed by atoms with Gasteiger partial charge in [-0.2, -0.15) is 4.39 Å². The molecule has 4 rings (SSSR count). The van der Waals surface area contributed by atoms with Crippen LogP contribution >= 0.6 is 11.6 Å². The van der Waals surface area contributed by atoms with Gasteiger partial charge in [-0.3, -0.25) is 9.69 Å². The molecule has 2 aromatic rings. The van der Waals surface area contributed by atoms with Crippen LogP contribution in [0.25, 0.3) is 11.1 Å². The van der Waals surface area contributed by atoms with Crippen LogP contribution in [0.3, 0.4) is 0 Å². The van der Waals surface area contributed by atoms with Gasteiger partial charge < -0.3 is 10.5 Å². The second-order valence-corrected chi connectivity index (χ2v) is 7.87. The Morgan fingerprint density at radius 3 is 2.74 bits per heavy atom. The molecule has 8 heteroatoms. The number of aromatic nitrogens is 1. The van der Waals surface area contributed by atoms with Gasteiger partial charge in [-0.05, 0) is 37.6 Å². The third-order valence-electron chi connectivity index (χ3n) is 4.92. The molecule has 0 saturated heterocycles. The normalized spacial score (nSPS) is 23.2. The molecular formula is C19H18ClFN4O2. The van der Waals surface area contributed by atoms with Crippen molar-refractivity contribution in [3.8, 4) is 16.9 Å². The summed E-state index contributed by atoms with van der Waals surface area (Å²) < 4.78 is 20.3. The second-order valence-electron chi connectivity index (χ2n) is 7.44. The molecule has 6 nitrogen and oxygen atoms in total. The van der Waals surface area contributed by atoms with Crippen molar-refractivity contribution < 1.29 is 13.9 Å². The Balaban J connectivity index is 1.95. The third-order valence-corrected chi connectivity index (χ3v) is 5.12. The Morgan fingerprint density at radius 2 is 2.07 bits per heavy atom. The molecule has 3 heterocycles. The van der Waals surface area contributed by atoms with E-state index in [0.717, 1.165) is 0 Å². The number of hydrogen-bond donors (Lipinski definition) is 1. The van der Waals surface area contributed by atoms with Crippen molar-refractivity contribution >= 4 is 23.5 Å². The van der Waals surface area contributed by atoms with Gasteiger partial charge in [0, 0.05) is 30.8 Å². The average Bonchev–Trinajstić information content (AvgIpc) is 2.80. The number of ether oxygens (including phenoxy) is 1. The quantitative estimate of drug-likeness (QED) is 0.761. The van der Waals surface area contributed by atoms with E-state index in [1.165, 1.54) is 17.2 Å². The zero-order valence-corrected chi connectivity index (χ0v) is 15.8.